The number of rotatable bonds is 2. The van der Waals surface area contributed by atoms with Gasteiger partial charge in [-0.3, -0.25) is 4.79 Å². The number of hydrogen-bond donors (Lipinski definition) is 1. The maximum absolute atomic E-state index is 13.9. The minimum absolute atomic E-state index is 0.0361. The zero-order valence-corrected chi connectivity index (χ0v) is 14.1. The van der Waals surface area contributed by atoms with E-state index in [2.05, 4.69) is 4.98 Å². The molecule has 0 spiro atoms. The van der Waals surface area contributed by atoms with Gasteiger partial charge in [0.05, 0.1) is 5.69 Å². The summed E-state index contributed by atoms with van der Waals surface area (Å²) in [6, 6.07) is 14.6. The van der Waals surface area contributed by atoms with Crippen molar-refractivity contribution in [3.8, 4) is 0 Å². The third-order valence-electron chi connectivity index (χ3n) is 4.76. The number of H-pyrrole nitrogens is 1. The van der Waals surface area contributed by atoms with E-state index in [1.165, 1.54) is 6.07 Å². The van der Waals surface area contributed by atoms with Crippen LogP contribution in [0.15, 0.2) is 48.5 Å². The molecule has 0 radical (unpaired) electrons. The quantitative estimate of drug-likeness (QED) is 0.776. The van der Waals surface area contributed by atoms with Crippen LogP contribution in [0, 0.1) is 12.7 Å². The van der Waals surface area contributed by atoms with Crippen molar-refractivity contribution in [2.45, 2.75) is 6.92 Å². The fourth-order valence-corrected chi connectivity index (χ4v) is 3.45. The molecule has 1 aromatic heterocycles. The number of piperazine rings is 1. The van der Waals surface area contributed by atoms with E-state index in [-0.39, 0.29) is 11.7 Å². The van der Waals surface area contributed by atoms with Crippen LogP contribution in [0.1, 0.15) is 16.1 Å². The van der Waals surface area contributed by atoms with Crippen LogP contribution in [0.3, 0.4) is 0 Å². The van der Waals surface area contributed by atoms with Gasteiger partial charge in [-0.25, -0.2) is 4.39 Å². The first-order valence-corrected chi connectivity index (χ1v) is 8.50. The first-order valence-electron chi connectivity index (χ1n) is 8.50. The highest BCUT2D eigenvalue weighted by Gasteiger charge is 2.23. The second-order valence-corrected chi connectivity index (χ2v) is 6.49. The van der Waals surface area contributed by atoms with E-state index < -0.39 is 0 Å². The van der Waals surface area contributed by atoms with Crippen LogP contribution >= 0.6 is 0 Å². The molecule has 0 aliphatic carbocycles. The molecule has 3 aromatic rings. The Bertz CT molecular complexity index is 926. The molecule has 1 N–H and O–H groups in total. The third kappa shape index (κ3) is 2.97. The van der Waals surface area contributed by atoms with Crippen LogP contribution in [0.2, 0.25) is 0 Å². The number of halogens is 1. The number of aromatic nitrogens is 1. The Labute approximate surface area is 145 Å². The van der Waals surface area contributed by atoms with E-state index in [4.69, 9.17) is 0 Å². The number of para-hydroxylation sites is 1. The number of carbonyl (C=O) groups is 1. The number of hydrogen-bond acceptors (Lipinski definition) is 2. The lowest BCUT2D eigenvalue weighted by molar-refractivity contribution is 0.0747. The highest BCUT2D eigenvalue weighted by molar-refractivity contribution is 5.98. The molecule has 1 fully saturated rings. The molecule has 4 nitrogen and oxygen atoms in total. The lowest BCUT2D eigenvalue weighted by Crippen LogP contribution is -2.49. The number of aryl methyl sites for hydroxylation is 1. The van der Waals surface area contributed by atoms with Gasteiger partial charge in [-0.15, -0.1) is 0 Å². The van der Waals surface area contributed by atoms with Crippen molar-refractivity contribution in [1.82, 2.24) is 9.88 Å². The lowest BCUT2D eigenvalue weighted by Gasteiger charge is -2.36. The van der Waals surface area contributed by atoms with Gasteiger partial charge in [-0.05, 0) is 43.3 Å². The summed E-state index contributed by atoms with van der Waals surface area (Å²) in [7, 11) is 0. The molecule has 25 heavy (non-hydrogen) atoms. The second kappa shape index (κ2) is 6.24. The van der Waals surface area contributed by atoms with Crippen molar-refractivity contribution in [2.75, 3.05) is 31.1 Å². The molecule has 2 heterocycles. The normalized spacial score (nSPS) is 15.0. The molecule has 128 valence electrons. The number of benzene rings is 2. The molecular weight excluding hydrogens is 317 g/mol. The summed E-state index contributed by atoms with van der Waals surface area (Å²) in [5.41, 5.74) is 3.43. The molecule has 5 heteroatoms. The van der Waals surface area contributed by atoms with Gasteiger partial charge in [0.25, 0.3) is 5.91 Å². The smallest absolute Gasteiger partial charge is 0.253 e. The van der Waals surface area contributed by atoms with E-state index in [1.54, 1.807) is 12.1 Å². The number of carbonyl (C=O) groups excluding carboxylic acids is 1. The predicted octanol–water partition coefficient (Wildman–Crippen LogP) is 3.58. The summed E-state index contributed by atoms with van der Waals surface area (Å²) < 4.78 is 13.9. The summed E-state index contributed by atoms with van der Waals surface area (Å²) >= 11 is 0. The molecule has 1 aliphatic rings. The van der Waals surface area contributed by atoms with Crippen molar-refractivity contribution < 1.29 is 9.18 Å². The highest BCUT2D eigenvalue weighted by atomic mass is 19.1. The Balaban J connectivity index is 1.48. The summed E-state index contributed by atoms with van der Waals surface area (Å²) in [4.78, 5) is 19.9. The van der Waals surface area contributed by atoms with Gasteiger partial charge < -0.3 is 14.8 Å². The number of nitrogens with zero attached hydrogens (tertiary/aromatic N) is 2. The van der Waals surface area contributed by atoms with Crippen LogP contribution in [-0.4, -0.2) is 42.0 Å². The van der Waals surface area contributed by atoms with Gasteiger partial charge in [0.15, 0.2) is 0 Å². The average molecular weight is 337 g/mol. The average Bonchev–Trinajstić information content (AvgIpc) is 3.01. The maximum atomic E-state index is 13.9. The minimum Gasteiger partial charge on any atom is -0.366 e. The van der Waals surface area contributed by atoms with E-state index in [0.29, 0.717) is 37.4 Å². The Morgan fingerprint density at radius 3 is 2.56 bits per heavy atom. The Kier molecular flexibility index (Phi) is 3.92. The molecule has 4 rings (SSSR count). The van der Waals surface area contributed by atoms with Crippen molar-refractivity contribution in [3.05, 3.63) is 65.6 Å². The predicted molar refractivity (Wildman–Crippen MR) is 97.6 cm³/mol. The minimum atomic E-state index is -0.212. The Morgan fingerprint density at radius 1 is 1.04 bits per heavy atom. The monoisotopic (exact) mass is 337 g/mol. The van der Waals surface area contributed by atoms with Gasteiger partial charge in [0.2, 0.25) is 0 Å². The molecule has 1 saturated heterocycles. The standard InChI is InChI=1S/C20H20FN3O/c1-14-12-16-13-15(6-7-18(16)22-14)20(25)24-10-8-23(9-11-24)19-5-3-2-4-17(19)21/h2-7,12-13,22H,8-11H2,1H3. The lowest BCUT2D eigenvalue weighted by atomic mass is 10.1. The molecule has 0 bridgehead atoms. The van der Waals surface area contributed by atoms with Gasteiger partial charge in [-0.2, -0.15) is 0 Å². The van der Waals surface area contributed by atoms with Crippen LogP contribution in [0.5, 0.6) is 0 Å². The van der Waals surface area contributed by atoms with Crippen molar-refractivity contribution >= 4 is 22.5 Å². The summed E-state index contributed by atoms with van der Waals surface area (Å²) in [5.74, 6) is -0.176. The number of nitrogens with one attached hydrogen (secondary N) is 1. The number of anilines is 1. The first-order chi connectivity index (χ1) is 12.1. The van der Waals surface area contributed by atoms with Gasteiger partial charge in [-0.1, -0.05) is 12.1 Å². The SMILES string of the molecule is Cc1cc2cc(C(=O)N3CCN(c4ccccc4F)CC3)ccc2[nH]1. The van der Waals surface area contributed by atoms with Crippen molar-refractivity contribution in [2.24, 2.45) is 0 Å². The molecular formula is C20H20FN3O. The summed E-state index contributed by atoms with van der Waals surface area (Å²) in [5, 5.41) is 1.05. The van der Waals surface area contributed by atoms with Crippen LogP contribution < -0.4 is 4.90 Å². The number of amides is 1. The van der Waals surface area contributed by atoms with Crippen LogP contribution in [-0.2, 0) is 0 Å². The van der Waals surface area contributed by atoms with E-state index >= 15 is 0 Å². The molecule has 1 amide bonds. The molecule has 0 atom stereocenters. The summed E-state index contributed by atoms with van der Waals surface area (Å²) in [6.45, 7) is 4.47. The van der Waals surface area contributed by atoms with Gasteiger partial charge in [0.1, 0.15) is 5.82 Å². The van der Waals surface area contributed by atoms with E-state index in [1.807, 2.05) is 47.1 Å². The third-order valence-corrected chi connectivity index (χ3v) is 4.76. The maximum Gasteiger partial charge on any atom is 0.253 e. The van der Waals surface area contributed by atoms with Crippen LogP contribution in [0.25, 0.3) is 10.9 Å². The Morgan fingerprint density at radius 2 is 1.80 bits per heavy atom. The van der Waals surface area contributed by atoms with Crippen molar-refractivity contribution in [3.63, 3.8) is 0 Å². The molecule has 0 unspecified atom stereocenters. The second-order valence-electron chi connectivity index (χ2n) is 6.49. The summed E-state index contributed by atoms with van der Waals surface area (Å²) in [6.07, 6.45) is 0. The van der Waals surface area contributed by atoms with E-state index in [9.17, 15) is 9.18 Å². The fraction of sp³-hybridized carbons (Fsp3) is 0.250. The fourth-order valence-electron chi connectivity index (χ4n) is 3.45. The molecule has 1 aliphatic heterocycles. The topological polar surface area (TPSA) is 39.3 Å². The zero-order valence-electron chi connectivity index (χ0n) is 14.1. The van der Waals surface area contributed by atoms with Gasteiger partial charge in [0, 0.05) is 48.3 Å². The molecule has 0 saturated carbocycles. The number of aromatic amines is 1. The first kappa shape index (κ1) is 15.7. The van der Waals surface area contributed by atoms with Crippen LogP contribution in [0.4, 0.5) is 10.1 Å². The zero-order chi connectivity index (χ0) is 17.4. The van der Waals surface area contributed by atoms with E-state index in [0.717, 1.165) is 16.6 Å². The number of fused-ring (bicyclic) bond motifs is 1. The molecule has 2 aromatic carbocycles. The highest BCUT2D eigenvalue weighted by Crippen LogP contribution is 2.22. The van der Waals surface area contributed by atoms with Crippen molar-refractivity contribution in [1.29, 1.82) is 0 Å². The Hall–Kier alpha value is -2.82. The van der Waals surface area contributed by atoms with Gasteiger partial charge >= 0.3 is 0 Å². The largest absolute Gasteiger partial charge is 0.366 e.